The van der Waals surface area contributed by atoms with E-state index in [1.807, 2.05) is 90.7 Å². The number of fused-ring (bicyclic) bond motifs is 2. The smallest absolute Gasteiger partial charge is 0.246 e. The fraction of sp³-hybridized carbons (Fsp3) is 0.463. The number of hydrogen-bond acceptors (Lipinski definition) is 7. The maximum atomic E-state index is 14.4. The van der Waals surface area contributed by atoms with E-state index in [0.717, 1.165) is 50.0 Å². The van der Waals surface area contributed by atoms with E-state index in [1.165, 1.54) is 5.56 Å². The number of unbranched alkanes of at least 4 members (excludes halogenated alkanes) is 1. The fourth-order valence-corrected chi connectivity index (χ4v) is 8.17. The molecular formula is C41H53N7O4. The predicted octanol–water partition coefficient (Wildman–Crippen LogP) is 2.37. The maximum Gasteiger partial charge on any atom is 0.246 e. The van der Waals surface area contributed by atoms with Gasteiger partial charge in [-0.2, -0.15) is 0 Å². The molecule has 11 nitrogen and oxygen atoms in total. The molecule has 3 aromatic rings. The van der Waals surface area contributed by atoms with Gasteiger partial charge in [-0.1, -0.05) is 91.0 Å². The molecular weight excluding hydrogens is 654 g/mol. The first-order chi connectivity index (χ1) is 25.2. The molecule has 4 aliphatic heterocycles. The predicted molar refractivity (Wildman–Crippen MR) is 201 cm³/mol. The second-order valence-corrected chi connectivity index (χ2v) is 14.7. The molecule has 2 bridgehead atoms. The number of carbonyl (C=O) groups is 4. The Morgan fingerprint density at radius 2 is 1.37 bits per heavy atom. The van der Waals surface area contributed by atoms with Crippen molar-refractivity contribution in [1.82, 2.24) is 25.3 Å². The van der Waals surface area contributed by atoms with Gasteiger partial charge in [-0.15, -0.1) is 0 Å². The number of nitrogens with one attached hydrogen (secondary N) is 2. The van der Waals surface area contributed by atoms with E-state index in [4.69, 9.17) is 11.5 Å². The molecule has 4 fully saturated rings. The lowest BCUT2D eigenvalue weighted by molar-refractivity contribution is -0.163. The topological polar surface area (TPSA) is 154 Å². The van der Waals surface area contributed by atoms with Gasteiger partial charge in [-0.25, -0.2) is 0 Å². The van der Waals surface area contributed by atoms with Crippen molar-refractivity contribution in [2.24, 2.45) is 11.5 Å². The van der Waals surface area contributed by atoms with Gasteiger partial charge < -0.3 is 31.9 Å². The number of piperidine rings is 1. The number of piperazine rings is 1. The van der Waals surface area contributed by atoms with Crippen LogP contribution in [0.2, 0.25) is 0 Å². The Balaban J connectivity index is 1.12. The third-order valence-electron chi connectivity index (χ3n) is 10.8. The van der Waals surface area contributed by atoms with Crippen LogP contribution in [0.4, 0.5) is 0 Å². The molecule has 0 aliphatic carbocycles. The molecule has 4 amide bonds. The summed E-state index contributed by atoms with van der Waals surface area (Å²) in [5, 5.41) is 5.82. The van der Waals surface area contributed by atoms with Gasteiger partial charge in [0.1, 0.15) is 18.1 Å². The van der Waals surface area contributed by atoms with Gasteiger partial charge in [0.2, 0.25) is 23.6 Å². The molecule has 276 valence electrons. The zero-order valence-corrected chi connectivity index (χ0v) is 30.1. The third-order valence-corrected chi connectivity index (χ3v) is 10.8. The number of nitrogens with zero attached hydrogens (tertiary/aromatic N) is 3. The minimum absolute atomic E-state index is 0.00793. The Bertz CT molecular complexity index is 1650. The monoisotopic (exact) mass is 707 g/mol. The minimum atomic E-state index is -0.949. The van der Waals surface area contributed by atoms with Crippen LogP contribution < -0.4 is 22.1 Å². The normalized spacial score (nSPS) is 23.0. The molecule has 7 atom stereocenters. The summed E-state index contributed by atoms with van der Waals surface area (Å²) in [4.78, 5) is 61.9. The lowest BCUT2D eigenvalue weighted by atomic mass is 9.85. The average molecular weight is 708 g/mol. The van der Waals surface area contributed by atoms with Gasteiger partial charge in [0, 0.05) is 44.2 Å². The van der Waals surface area contributed by atoms with Crippen LogP contribution in [0.5, 0.6) is 0 Å². The first-order valence-corrected chi connectivity index (χ1v) is 18.8. The van der Waals surface area contributed by atoms with Crippen LogP contribution in [0.15, 0.2) is 91.0 Å². The molecule has 4 saturated heterocycles. The second kappa shape index (κ2) is 17.3. The van der Waals surface area contributed by atoms with Crippen LogP contribution >= 0.6 is 0 Å². The summed E-state index contributed by atoms with van der Waals surface area (Å²) in [5.41, 5.74) is 15.2. The molecule has 0 aromatic heterocycles. The molecule has 0 radical (unpaired) electrons. The highest BCUT2D eigenvalue weighted by Gasteiger charge is 2.52. The van der Waals surface area contributed by atoms with Gasteiger partial charge in [-0.3, -0.25) is 24.1 Å². The van der Waals surface area contributed by atoms with Gasteiger partial charge in [0.15, 0.2) is 0 Å². The summed E-state index contributed by atoms with van der Waals surface area (Å²) >= 11 is 0. The van der Waals surface area contributed by atoms with Crippen molar-refractivity contribution in [2.45, 2.75) is 101 Å². The van der Waals surface area contributed by atoms with Gasteiger partial charge in [-0.05, 0) is 68.7 Å². The SMILES string of the molecule is CC1CC(NC(=O)C(Cc2ccccc2)NC(=O)C(N)Cc2ccccc2)C(=O)N1C(CCCCN)C(=O)N1C2CC1CN(Cc1ccccc1)C2. The maximum absolute atomic E-state index is 14.4. The zero-order chi connectivity index (χ0) is 36.6. The summed E-state index contributed by atoms with van der Waals surface area (Å²) < 4.78 is 0. The molecule has 3 aromatic carbocycles. The van der Waals surface area contributed by atoms with Crippen LogP contribution in [0.25, 0.3) is 0 Å². The van der Waals surface area contributed by atoms with Gasteiger partial charge in [0.25, 0.3) is 0 Å². The molecule has 0 spiro atoms. The van der Waals surface area contributed by atoms with Crippen molar-refractivity contribution in [3.8, 4) is 0 Å². The highest BCUT2D eigenvalue weighted by molar-refractivity contribution is 5.96. The Hall–Kier alpha value is -4.58. The van der Waals surface area contributed by atoms with E-state index >= 15 is 0 Å². The average Bonchev–Trinajstić information content (AvgIpc) is 3.42. The molecule has 4 aliphatic rings. The molecule has 11 heteroatoms. The molecule has 7 unspecified atom stereocenters. The van der Waals surface area contributed by atoms with E-state index in [0.29, 0.717) is 25.8 Å². The van der Waals surface area contributed by atoms with E-state index in [2.05, 4.69) is 27.7 Å². The van der Waals surface area contributed by atoms with Gasteiger partial charge in [0.05, 0.1) is 6.04 Å². The quantitative estimate of drug-likeness (QED) is 0.167. The van der Waals surface area contributed by atoms with Gasteiger partial charge >= 0.3 is 0 Å². The van der Waals surface area contributed by atoms with Crippen LogP contribution in [0, 0.1) is 0 Å². The van der Waals surface area contributed by atoms with Crippen LogP contribution in [-0.2, 0) is 38.6 Å². The number of carbonyl (C=O) groups excluding carboxylic acids is 4. The van der Waals surface area contributed by atoms with E-state index in [9.17, 15) is 19.2 Å². The highest BCUT2D eigenvalue weighted by atomic mass is 16.2. The first kappa shape index (κ1) is 37.2. The first-order valence-electron chi connectivity index (χ1n) is 18.8. The molecule has 52 heavy (non-hydrogen) atoms. The largest absolute Gasteiger partial charge is 0.343 e. The molecule has 6 N–H and O–H groups in total. The highest BCUT2D eigenvalue weighted by Crippen LogP contribution is 2.36. The summed E-state index contributed by atoms with van der Waals surface area (Å²) in [5.74, 6) is -1.18. The molecule has 0 saturated carbocycles. The Labute approximate surface area is 307 Å². The van der Waals surface area contributed by atoms with E-state index in [1.54, 1.807) is 4.90 Å². The Morgan fingerprint density at radius 1 is 0.788 bits per heavy atom. The van der Waals surface area contributed by atoms with Crippen molar-refractivity contribution in [1.29, 1.82) is 0 Å². The van der Waals surface area contributed by atoms with Crippen LogP contribution in [0.1, 0.15) is 55.7 Å². The van der Waals surface area contributed by atoms with Crippen LogP contribution in [0.3, 0.4) is 0 Å². The second-order valence-electron chi connectivity index (χ2n) is 14.7. The van der Waals surface area contributed by atoms with Crippen molar-refractivity contribution in [2.75, 3.05) is 19.6 Å². The Morgan fingerprint density at radius 3 is 1.96 bits per heavy atom. The summed E-state index contributed by atoms with van der Waals surface area (Å²) in [6, 6.07) is 26.0. The van der Waals surface area contributed by atoms with E-state index < -0.39 is 36.0 Å². The summed E-state index contributed by atoms with van der Waals surface area (Å²) in [6.45, 7) is 4.91. The molecule has 4 heterocycles. The third kappa shape index (κ3) is 8.89. The lowest BCUT2D eigenvalue weighted by Gasteiger charge is -2.57. The van der Waals surface area contributed by atoms with Crippen molar-refractivity contribution >= 4 is 23.6 Å². The lowest BCUT2D eigenvalue weighted by Crippen LogP contribution is -2.72. The minimum Gasteiger partial charge on any atom is -0.343 e. The molecule has 7 rings (SSSR count). The number of benzene rings is 3. The Kier molecular flexibility index (Phi) is 12.4. The summed E-state index contributed by atoms with van der Waals surface area (Å²) in [7, 11) is 0. The fourth-order valence-electron chi connectivity index (χ4n) is 8.17. The number of amides is 4. The van der Waals surface area contributed by atoms with E-state index in [-0.39, 0.29) is 36.4 Å². The van der Waals surface area contributed by atoms with Crippen molar-refractivity contribution in [3.05, 3.63) is 108 Å². The standard InChI is InChI=1S/C41H53N7O4/c1-28-21-36(45-39(50)35(23-30-15-7-3-8-16-30)44-38(49)34(43)22-29-13-5-2-6-14-29)40(51)47(28)37(19-11-12-20-42)41(52)48-32-24-33(48)27-46(26-32)25-31-17-9-4-10-18-31/h2-10,13-18,28,32-37H,11-12,19-27,42-43H2,1H3,(H,44,49)(H,45,50). The number of rotatable bonds is 16. The van der Waals surface area contributed by atoms with Crippen LogP contribution in [-0.4, -0.2) is 100 Å². The summed E-state index contributed by atoms with van der Waals surface area (Å²) in [6.07, 6.45) is 3.88. The van der Waals surface area contributed by atoms with Crippen molar-refractivity contribution < 1.29 is 19.2 Å². The zero-order valence-electron chi connectivity index (χ0n) is 30.1. The number of likely N-dealkylation sites (tertiary alicyclic amines) is 1. The van der Waals surface area contributed by atoms with Crippen molar-refractivity contribution in [3.63, 3.8) is 0 Å². The number of hydrogen-bond donors (Lipinski definition) is 4. The number of nitrogens with two attached hydrogens (primary N) is 2.